The van der Waals surface area contributed by atoms with E-state index in [4.69, 9.17) is 34.8 Å². The predicted molar refractivity (Wildman–Crippen MR) is 55.7 cm³/mol. The third-order valence-corrected chi connectivity index (χ3v) is 3.69. The molecule has 0 unspecified atom stereocenters. The Morgan fingerprint density at radius 3 is 1.25 bits per heavy atom. The molecule has 0 N–H and O–H groups in total. The summed E-state index contributed by atoms with van der Waals surface area (Å²) in [6, 6.07) is 0. The third-order valence-electron chi connectivity index (χ3n) is 2.17. The Morgan fingerprint density at radius 1 is 0.583 bits per heavy atom. The maximum absolute atomic E-state index is 5.94. The van der Waals surface area contributed by atoms with Crippen LogP contribution in [-0.4, -0.2) is 0 Å². The highest BCUT2D eigenvalue weighted by Gasteiger charge is 2.12. The average molecular weight is 224 g/mol. The average Bonchev–Trinajstić information content (AvgIpc) is 2.08. The zero-order valence-corrected chi connectivity index (χ0v) is 9.40. The van der Waals surface area contributed by atoms with E-state index in [1.165, 1.54) is 0 Å². The first-order valence-electron chi connectivity index (χ1n) is 3.57. The maximum Gasteiger partial charge on any atom is 0.0784 e. The molecule has 0 nitrogen and oxygen atoms in total. The lowest BCUT2D eigenvalue weighted by molar-refractivity contribution is 1.27. The van der Waals surface area contributed by atoms with Gasteiger partial charge in [0.2, 0.25) is 0 Å². The van der Waals surface area contributed by atoms with E-state index >= 15 is 0 Å². The molecule has 0 heterocycles. The molecule has 0 aliphatic rings. The molecule has 0 aromatic heterocycles. The molecule has 0 atom stereocenters. The minimum atomic E-state index is 0.457. The normalized spacial score (nSPS) is 10.5. The Labute approximate surface area is 87.4 Å². The van der Waals surface area contributed by atoms with E-state index in [-0.39, 0.29) is 0 Å². The molecule has 12 heavy (non-hydrogen) atoms. The van der Waals surface area contributed by atoms with E-state index in [1.807, 2.05) is 20.8 Å². The Bertz CT molecular complexity index is 224. The van der Waals surface area contributed by atoms with E-state index in [0.29, 0.717) is 15.1 Å². The van der Waals surface area contributed by atoms with E-state index in [9.17, 15) is 0 Å². The van der Waals surface area contributed by atoms with Crippen LogP contribution in [-0.2, 0) is 0 Å². The summed E-state index contributed by atoms with van der Waals surface area (Å²) in [6.45, 7) is 5.86. The highest BCUT2D eigenvalue weighted by Crippen LogP contribution is 2.37. The summed E-state index contributed by atoms with van der Waals surface area (Å²) in [5, 5.41) is 1.58. The van der Waals surface area contributed by atoms with Gasteiger partial charge in [0.25, 0.3) is 0 Å². The van der Waals surface area contributed by atoms with Crippen molar-refractivity contribution in [2.45, 2.75) is 20.8 Å². The van der Waals surface area contributed by atoms with E-state index in [2.05, 4.69) is 0 Å². The van der Waals surface area contributed by atoms with Gasteiger partial charge in [-0.15, -0.1) is 0 Å². The van der Waals surface area contributed by atoms with Crippen LogP contribution in [0.2, 0.25) is 15.1 Å². The van der Waals surface area contributed by atoms with E-state index in [0.717, 1.165) is 16.7 Å². The number of halogens is 3. The minimum Gasteiger partial charge on any atom is -0.0824 e. The van der Waals surface area contributed by atoms with E-state index < -0.39 is 0 Å². The Balaban J connectivity index is 3.60. The van der Waals surface area contributed by atoms with Crippen molar-refractivity contribution >= 4 is 34.8 Å². The molecule has 0 bridgehead atoms. The molecular formula is C9H9Cl3. The number of benzene rings is 1. The predicted octanol–water partition coefficient (Wildman–Crippen LogP) is 4.57. The van der Waals surface area contributed by atoms with Crippen LogP contribution in [0.15, 0.2) is 0 Å². The quantitative estimate of drug-likeness (QED) is 0.565. The van der Waals surface area contributed by atoms with Gasteiger partial charge in [0.15, 0.2) is 0 Å². The highest BCUT2D eigenvalue weighted by atomic mass is 35.5. The standard InChI is InChI=1S/C9H9Cl3/c1-4-5(2)7(10)9(12)8(11)6(4)3/h1-3H3. The summed E-state index contributed by atoms with van der Waals surface area (Å²) in [7, 11) is 0. The molecule has 0 amide bonds. The SMILES string of the molecule is Cc1c(C)c(Cl)c(Cl)c(Cl)c1C. The second-order valence-electron chi connectivity index (χ2n) is 2.82. The van der Waals surface area contributed by atoms with Crippen molar-refractivity contribution < 1.29 is 0 Å². The Hall–Kier alpha value is 0.0900. The van der Waals surface area contributed by atoms with Crippen molar-refractivity contribution in [1.82, 2.24) is 0 Å². The molecule has 0 fully saturated rings. The summed E-state index contributed by atoms with van der Waals surface area (Å²) in [5.74, 6) is 0. The molecule has 3 heteroatoms. The number of rotatable bonds is 0. The summed E-state index contributed by atoms with van der Waals surface area (Å²) < 4.78 is 0. The topological polar surface area (TPSA) is 0 Å². The second kappa shape index (κ2) is 3.45. The molecule has 66 valence electrons. The molecule has 0 spiro atoms. The van der Waals surface area contributed by atoms with Crippen LogP contribution in [0.5, 0.6) is 0 Å². The molecule has 0 saturated heterocycles. The van der Waals surface area contributed by atoms with Gasteiger partial charge in [-0.05, 0) is 37.5 Å². The van der Waals surface area contributed by atoms with Crippen molar-refractivity contribution in [3.05, 3.63) is 31.8 Å². The van der Waals surface area contributed by atoms with Gasteiger partial charge < -0.3 is 0 Å². The van der Waals surface area contributed by atoms with Crippen LogP contribution >= 0.6 is 34.8 Å². The van der Waals surface area contributed by atoms with Crippen LogP contribution in [0.25, 0.3) is 0 Å². The fourth-order valence-corrected chi connectivity index (χ4v) is 1.84. The van der Waals surface area contributed by atoms with Crippen LogP contribution < -0.4 is 0 Å². The molecule has 0 aliphatic carbocycles. The van der Waals surface area contributed by atoms with Crippen molar-refractivity contribution in [3.8, 4) is 0 Å². The van der Waals surface area contributed by atoms with E-state index in [1.54, 1.807) is 0 Å². The fourth-order valence-electron chi connectivity index (χ4n) is 1.04. The monoisotopic (exact) mass is 222 g/mol. The van der Waals surface area contributed by atoms with Crippen LogP contribution in [0.4, 0.5) is 0 Å². The zero-order chi connectivity index (χ0) is 9.46. The van der Waals surface area contributed by atoms with Crippen LogP contribution in [0.1, 0.15) is 16.7 Å². The summed E-state index contributed by atoms with van der Waals surface area (Å²) in [6.07, 6.45) is 0. The van der Waals surface area contributed by atoms with Crippen molar-refractivity contribution in [2.75, 3.05) is 0 Å². The highest BCUT2D eigenvalue weighted by molar-refractivity contribution is 6.48. The van der Waals surface area contributed by atoms with Crippen LogP contribution in [0, 0.1) is 20.8 Å². The maximum atomic E-state index is 5.94. The number of hydrogen-bond donors (Lipinski definition) is 0. The molecule has 1 aromatic rings. The van der Waals surface area contributed by atoms with Crippen molar-refractivity contribution in [1.29, 1.82) is 0 Å². The molecule has 0 radical (unpaired) electrons. The van der Waals surface area contributed by atoms with Crippen molar-refractivity contribution in [2.24, 2.45) is 0 Å². The largest absolute Gasteiger partial charge is 0.0824 e. The van der Waals surface area contributed by atoms with Gasteiger partial charge in [-0.25, -0.2) is 0 Å². The van der Waals surface area contributed by atoms with Gasteiger partial charge >= 0.3 is 0 Å². The lowest BCUT2D eigenvalue weighted by atomic mass is 10.0. The second-order valence-corrected chi connectivity index (χ2v) is 3.95. The summed E-state index contributed by atoms with van der Waals surface area (Å²) in [5.41, 5.74) is 3.11. The van der Waals surface area contributed by atoms with Gasteiger partial charge in [-0.1, -0.05) is 34.8 Å². The third kappa shape index (κ3) is 1.44. The molecule has 0 aliphatic heterocycles. The summed E-state index contributed by atoms with van der Waals surface area (Å²) >= 11 is 17.8. The molecule has 1 aromatic carbocycles. The Kier molecular flexibility index (Phi) is 2.92. The molecular weight excluding hydrogens is 214 g/mol. The van der Waals surface area contributed by atoms with Gasteiger partial charge in [0.1, 0.15) is 0 Å². The first kappa shape index (κ1) is 10.2. The van der Waals surface area contributed by atoms with Gasteiger partial charge in [0.05, 0.1) is 15.1 Å². The first-order valence-corrected chi connectivity index (χ1v) is 4.70. The summed E-state index contributed by atoms with van der Waals surface area (Å²) in [4.78, 5) is 0. The van der Waals surface area contributed by atoms with Crippen LogP contribution in [0.3, 0.4) is 0 Å². The first-order chi connectivity index (χ1) is 5.46. The molecule has 0 saturated carbocycles. The smallest absolute Gasteiger partial charge is 0.0784 e. The van der Waals surface area contributed by atoms with Gasteiger partial charge in [-0.2, -0.15) is 0 Å². The molecule has 1 rings (SSSR count). The fraction of sp³-hybridized carbons (Fsp3) is 0.333. The minimum absolute atomic E-state index is 0.457. The zero-order valence-electron chi connectivity index (χ0n) is 7.13. The van der Waals surface area contributed by atoms with Gasteiger partial charge in [0, 0.05) is 0 Å². The van der Waals surface area contributed by atoms with Gasteiger partial charge in [-0.3, -0.25) is 0 Å². The van der Waals surface area contributed by atoms with Crippen molar-refractivity contribution in [3.63, 3.8) is 0 Å². The lowest BCUT2D eigenvalue weighted by Gasteiger charge is -2.10. The number of hydrogen-bond acceptors (Lipinski definition) is 0. The lowest BCUT2D eigenvalue weighted by Crippen LogP contribution is -1.90. The Morgan fingerprint density at radius 2 is 0.917 bits per heavy atom.